The third-order valence-corrected chi connectivity index (χ3v) is 1.88. The lowest BCUT2D eigenvalue weighted by atomic mass is 10.1. The summed E-state index contributed by atoms with van der Waals surface area (Å²) in [5.41, 5.74) is 4.98. The minimum absolute atomic E-state index is 0. The average Bonchev–Trinajstić information content (AvgIpc) is 2.18. The first-order valence-corrected chi connectivity index (χ1v) is 4.00. The average molecular weight is 240 g/mol. The van der Waals surface area contributed by atoms with E-state index in [-0.39, 0.29) is 23.7 Å². The molecule has 15 heavy (non-hydrogen) atoms. The van der Waals surface area contributed by atoms with Crippen LogP contribution >= 0.6 is 12.4 Å². The van der Waals surface area contributed by atoms with Gasteiger partial charge in [-0.1, -0.05) is 0 Å². The maximum absolute atomic E-state index is 13.4. The van der Waals surface area contributed by atoms with E-state index >= 15 is 0 Å². The van der Waals surface area contributed by atoms with Crippen LogP contribution in [0.3, 0.4) is 0 Å². The summed E-state index contributed by atoms with van der Waals surface area (Å²) in [7, 11) is 1.27. The zero-order chi connectivity index (χ0) is 10.7. The Labute approximate surface area is 92.3 Å². The van der Waals surface area contributed by atoms with Crippen LogP contribution in [-0.2, 0) is 0 Å². The molecule has 3 nitrogen and oxygen atoms in total. The van der Waals surface area contributed by atoms with E-state index in [4.69, 9.17) is 10.8 Å². The van der Waals surface area contributed by atoms with Gasteiger partial charge in [0.25, 0.3) is 0 Å². The first kappa shape index (κ1) is 14.1. The van der Waals surface area contributed by atoms with Gasteiger partial charge in [-0.15, -0.1) is 12.4 Å². The topological polar surface area (TPSA) is 55.5 Å². The maximum Gasteiger partial charge on any atom is 0.172 e. The predicted molar refractivity (Wildman–Crippen MR) is 54.2 cm³/mol. The largest absolute Gasteiger partial charge is 0.494 e. The molecule has 1 aromatic carbocycles. The minimum Gasteiger partial charge on any atom is -0.494 e. The number of halogens is 3. The first-order valence-electron chi connectivity index (χ1n) is 4.00. The molecule has 0 fully saturated rings. The van der Waals surface area contributed by atoms with Crippen molar-refractivity contribution in [1.29, 1.82) is 0 Å². The monoisotopic (exact) mass is 239 g/mol. The van der Waals surface area contributed by atoms with Crippen LogP contribution in [0.15, 0.2) is 12.1 Å². The molecule has 0 saturated carbocycles. The Balaban J connectivity index is 0.00000196. The Morgan fingerprint density at radius 3 is 2.53 bits per heavy atom. The van der Waals surface area contributed by atoms with Crippen LogP contribution in [0.4, 0.5) is 8.78 Å². The highest BCUT2D eigenvalue weighted by atomic mass is 35.5. The zero-order valence-electron chi connectivity index (χ0n) is 8.04. The first-order chi connectivity index (χ1) is 6.61. The van der Waals surface area contributed by atoms with Crippen molar-refractivity contribution in [2.24, 2.45) is 5.73 Å². The van der Waals surface area contributed by atoms with Crippen LogP contribution in [0, 0.1) is 11.6 Å². The lowest BCUT2D eigenvalue weighted by Crippen LogP contribution is -2.18. The Morgan fingerprint density at radius 1 is 1.47 bits per heavy atom. The Morgan fingerprint density at radius 2 is 2.07 bits per heavy atom. The number of aliphatic hydroxyl groups is 1. The molecule has 1 aromatic rings. The summed E-state index contributed by atoms with van der Waals surface area (Å²) in [6.07, 6.45) is 0. The van der Waals surface area contributed by atoms with E-state index in [2.05, 4.69) is 4.74 Å². The minimum atomic E-state index is -1.08. The molecular formula is C9H12ClF2NO2. The second kappa shape index (κ2) is 5.85. The SMILES string of the molecule is COc1ccc(F)c([C@H](N)CO)c1F.Cl. The van der Waals surface area contributed by atoms with E-state index in [1.165, 1.54) is 7.11 Å². The summed E-state index contributed by atoms with van der Waals surface area (Å²) in [5.74, 6) is -1.75. The smallest absolute Gasteiger partial charge is 0.172 e. The van der Waals surface area contributed by atoms with E-state index in [1.54, 1.807) is 0 Å². The summed E-state index contributed by atoms with van der Waals surface area (Å²) in [5, 5.41) is 8.70. The molecule has 0 amide bonds. The van der Waals surface area contributed by atoms with Crippen molar-refractivity contribution in [3.8, 4) is 5.75 Å². The molecule has 0 radical (unpaired) electrons. The third-order valence-electron chi connectivity index (χ3n) is 1.88. The Bertz CT molecular complexity index is 336. The molecule has 6 heteroatoms. The van der Waals surface area contributed by atoms with Gasteiger partial charge in [0, 0.05) is 5.56 Å². The molecule has 0 spiro atoms. The second-order valence-electron chi connectivity index (χ2n) is 2.77. The fourth-order valence-electron chi connectivity index (χ4n) is 1.14. The highest BCUT2D eigenvalue weighted by molar-refractivity contribution is 5.85. The molecule has 0 bridgehead atoms. The van der Waals surface area contributed by atoms with Crippen molar-refractivity contribution in [3.63, 3.8) is 0 Å². The van der Waals surface area contributed by atoms with Crippen molar-refractivity contribution in [3.05, 3.63) is 29.3 Å². The van der Waals surface area contributed by atoms with Gasteiger partial charge in [0.05, 0.1) is 19.8 Å². The van der Waals surface area contributed by atoms with Crippen LogP contribution in [0.25, 0.3) is 0 Å². The number of methoxy groups -OCH3 is 1. The van der Waals surface area contributed by atoms with Crippen LogP contribution < -0.4 is 10.5 Å². The van der Waals surface area contributed by atoms with Crippen molar-refractivity contribution < 1.29 is 18.6 Å². The molecule has 0 heterocycles. The van der Waals surface area contributed by atoms with Crippen molar-refractivity contribution >= 4 is 12.4 Å². The van der Waals surface area contributed by atoms with Gasteiger partial charge in [0.1, 0.15) is 5.82 Å². The molecule has 0 aliphatic rings. The van der Waals surface area contributed by atoms with Crippen molar-refractivity contribution in [1.82, 2.24) is 0 Å². The highest BCUT2D eigenvalue weighted by Crippen LogP contribution is 2.26. The van der Waals surface area contributed by atoms with E-state index in [0.29, 0.717) is 0 Å². The maximum atomic E-state index is 13.4. The number of aliphatic hydroxyl groups excluding tert-OH is 1. The molecule has 1 rings (SSSR count). The Hall–Kier alpha value is -0.910. The molecule has 0 aromatic heterocycles. The van der Waals surface area contributed by atoms with Gasteiger partial charge in [0.15, 0.2) is 11.6 Å². The molecule has 1 atom stereocenters. The summed E-state index contributed by atoms with van der Waals surface area (Å²) in [4.78, 5) is 0. The Kier molecular flexibility index (Phi) is 5.49. The van der Waals surface area contributed by atoms with E-state index in [1.807, 2.05) is 0 Å². The van der Waals surface area contributed by atoms with Gasteiger partial charge < -0.3 is 15.6 Å². The standard InChI is InChI=1S/C9H11F2NO2.ClH/c1-14-7-3-2-5(10)8(9(7)11)6(12)4-13;/h2-3,6,13H,4,12H2,1H3;1H/t6-;/m1./s1. The molecule has 86 valence electrons. The fraction of sp³-hybridized carbons (Fsp3) is 0.333. The number of rotatable bonds is 3. The summed E-state index contributed by atoms with van der Waals surface area (Å²) < 4.78 is 31.2. The van der Waals surface area contributed by atoms with Gasteiger partial charge in [-0.2, -0.15) is 0 Å². The second-order valence-corrected chi connectivity index (χ2v) is 2.77. The molecule has 0 unspecified atom stereocenters. The van der Waals surface area contributed by atoms with Gasteiger partial charge in [0.2, 0.25) is 0 Å². The third kappa shape index (κ3) is 2.77. The van der Waals surface area contributed by atoms with Crippen LogP contribution in [0.5, 0.6) is 5.75 Å². The fourth-order valence-corrected chi connectivity index (χ4v) is 1.14. The number of nitrogens with two attached hydrogens (primary N) is 1. The number of hydrogen-bond acceptors (Lipinski definition) is 3. The summed E-state index contributed by atoms with van der Waals surface area (Å²) >= 11 is 0. The quantitative estimate of drug-likeness (QED) is 0.838. The summed E-state index contributed by atoms with van der Waals surface area (Å²) in [6.45, 7) is -0.527. The molecule has 0 aliphatic heterocycles. The number of hydrogen-bond donors (Lipinski definition) is 2. The lowest BCUT2D eigenvalue weighted by Gasteiger charge is -2.12. The lowest BCUT2D eigenvalue weighted by molar-refractivity contribution is 0.260. The zero-order valence-corrected chi connectivity index (χ0v) is 8.85. The molecule has 3 N–H and O–H groups in total. The van der Waals surface area contributed by atoms with Gasteiger partial charge in [-0.25, -0.2) is 8.78 Å². The van der Waals surface area contributed by atoms with Gasteiger partial charge in [-0.3, -0.25) is 0 Å². The van der Waals surface area contributed by atoms with Crippen LogP contribution in [0.1, 0.15) is 11.6 Å². The predicted octanol–water partition coefficient (Wildman–Crippen LogP) is 1.39. The number of benzene rings is 1. The van der Waals surface area contributed by atoms with Crippen LogP contribution in [-0.4, -0.2) is 18.8 Å². The highest BCUT2D eigenvalue weighted by Gasteiger charge is 2.19. The normalized spacial score (nSPS) is 11.8. The van der Waals surface area contributed by atoms with E-state index in [0.717, 1.165) is 12.1 Å². The number of ether oxygens (including phenoxy) is 1. The van der Waals surface area contributed by atoms with Gasteiger partial charge >= 0.3 is 0 Å². The van der Waals surface area contributed by atoms with E-state index < -0.39 is 24.3 Å². The van der Waals surface area contributed by atoms with Crippen molar-refractivity contribution in [2.45, 2.75) is 6.04 Å². The van der Waals surface area contributed by atoms with E-state index in [9.17, 15) is 8.78 Å². The van der Waals surface area contributed by atoms with Crippen LogP contribution in [0.2, 0.25) is 0 Å². The van der Waals surface area contributed by atoms with Gasteiger partial charge in [-0.05, 0) is 12.1 Å². The van der Waals surface area contributed by atoms with Crippen molar-refractivity contribution in [2.75, 3.05) is 13.7 Å². The summed E-state index contributed by atoms with van der Waals surface area (Å²) in [6, 6.07) is 1.13. The molecular weight excluding hydrogens is 228 g/mol. The molecule has 0 aliphatic carbocycles. The molecule has 0 saturated heterocycles.